The predicted octanol–water partition coefficient (Wildman–Crippen LogP) is 3.40. The maximum Gasteiger partial charge on any atom is 0.417 e. The summed E-state index contributed by atoms with van der Waals surface area (Å²) < 4.78 is 38.5. The number of pyridine rings is 1. The molecular weight excluding hydrogens is 467 g/mol. The van der Waals surface area contributed by atoms with Crippen molar-refractivity contribution in [3.63, 3.8) is 0 Å². The lowest BCUT2D eigenvalue weighted by atomic mass is 10.2. The highest BCUT2D eigenvalue weighted by Gasteiger charge is 2.32. The number of imide groups is 1. The van der Waals surface area contributed by atoms with Crippen molar-refractivity contribution >= 4 is 40.7 Å². The highest BCUT2D eigenvalue weighted by molar-refractivity contribution is 7.09. The molecule has 0 radical (unpaired) electrons. The Kier molecular flexibility index (Phi) is 8.32. The van der Waals surface area contributed by atoms with Crippen LogP contribution in [0.25, 0.3) is 0 Å². The van der Waals surface area contributed by atoms with Gasteiger partial charge in [0.25, 0.3) is 0 Å². The molecule has 7 nitrogen and oxygen atoms in total. The number of nitrogens with one attached hydrogen (secondary N) is 2. The van der Waals surface area contributed by atoms with Crippen molar-refractivity contribution < 1.29 is 22.8 Å². The third-order valence-corrected chi connectivity index (χ3v) is 6.11. The van der Waals surface area contributed by atoms with E-state index in [0.717, 1.165) is 17.1 Å². The number of anilines is 1. The summed E-state index contributed by atoms with van der Waals surface area (Å²) in [5.74, 6) is -0.131. The van der Waals surface area contributed by atoms with E-state index in [-0.39, 0.29) is 17.4 Å². The van der Waals surface area contributed by atoms with Crippen LogP contribution in [0, 0.1) is 0 Å². The van der Waals surface area contributed by atoms with E-state index in [4.69, 9.17) is 11.6 Å². The fourth-order valence-corrected chi connectivity index (χ4v) is 4.32. The van der Waals surface area contributed by atoms with Gasteiger partial charge in [0.1, 0.15) is 5.82 Å². The zero-order chi connectivity index (χ0) is 23.1. The first-order chi connectivity index (χ1) is 15.2. The molecule has 174 valence electrons. The van der Waals surface area contributed by atoms with Crippen LogP contribution < -0.4 is 15.5 Å². The number of carbonyl (C=O) groups is 2. The average Bonchev–Trinajstić information content (AvgIpc) is 3.13. The maximum absolute atomic E-state index is 12.8. The van der Waals surface area contributed by atoms with E-state index in [1.54, 1.807) is 16.2 Å². The van der Waals surface area contributed by atoms with Crippen LogP contribution in [-0.2, 0) is 17.4 Å². The number of nitrogens with zero attached hydrogens (tertiary/aromatic N) is 3. The van der Waals surface area contributed by atoms with Gasteiger partial charge >= 0.3 is 12.2 Å². The van der Waals surface area contributed by atoms with Crippen molar-refractivity contribution in [3.8, 4) is 0 Å². The molecule has 3 rings (SSSR count). The Morgan fingerprint density at radius 2 is 2.03 bits per heavy atom. The van der Waals surface area contributed by atoms with Crippen LogP contribution in [0.4, 0.5) is 23.8 Å². The summed E-state index contributed by atoms with van der Waals surface area (Å²) in [6.07, 6.45) is -2.37. The van der Waals surface area contributed by atoms with Crippen molar-refractivity contribution in [1.82, 2.24) is 20.5 Å². The molecule has 1 aliphatic rings. The van der Waals surface area contributed by atoms with E-state index in [1.807, 2.05) is 22.4 Å². The zero-order valence-electron chi connectivity index (χ0n) is 17.1. The number of urea groups is 1. The summed E-state index contributed by atoms with van der Waals surface area (Å²) in [7, 11) is 0. The molecule has 2 aromatic rings. The van der Waals surface area contributed by atoms with Crippen LogP contribution >= 0.6 is 22.9 Å². The first-order valence-electron chi connectivity index (χ1n) is 10.0. The molecule has 0 bridgehead atoms. The van der Waals surface area contributed by atoms with Gasteiger partial charge in [-0.3, -0.25) is 15.0 Å². The molecule has 0 unspecified atom stereocenters. The minimum atomic E-state index is -4.51. The summed E-state index contributed by atoms with van der Waals surface area (Å²) in [6, 6.07) is 4.25. The van der Waals surface area contributed by atoms with Crippen molar-refractivity contribution in [2.45, 2.75) is 19.0 Å². The molecule has 3 heterocycles. The normalized spacial score (nSPS) is 15.3. The number of halogens is 4. The van der Waals surface area contributed by atoms with Gasteiger partial charge in [-0.1, -0.05) is 17.7 Å². The Morgan fingerprint density at radius 1 is 1.22 bits per heavy atom. The van der Waals surface area contributed by atoms with Crippen LogP contribution in [0.2, 0.25) is 5.02 Å². The summed E-state index contributed by atoms with van der Waals surface area (Å²) in [5, 5.41) is 6.87. The monoisotopic (exact) mass is 489 g/mol. The summed E-state index contributed by atoms with van der Waals surface area (Å²) in [6.45, 7) is 2.53. The minimum Gasteiger partial charge on any atom is -0.354 e. The molecule has 1 saturated heterocycles. The zero-order valence-corrected chi connectivity index (χ0v) is 18.7. The number of hydrogen-bond donors (Lipinski definition) is 2. The highest BCUT2D eigenvalue weighted by atomic mass is 35.5. The van der Waals surface area contributed by atoms with Gasteiger partial charge < -0.3 is 10.2 Å². The summed E-state index contributed by atoms with van der Waals surface area (Å²) in [4.78, 5) is 32.8. The lowest BCUT2D eigenvalue weighted by molar-refractivity contribution is -0.137. The van der Waals surface area contributed by atoms with Crippen LogP contribution in [0.15, 0.2) is 29.8 Å². The second kappa shape index (κ2) is 11.0. The number of alkyl halides is 3. The van der Waals surface area contributed by atoms with Crippen molar-refractivity contribution in [3.05, 3.63) is 45.2 Å². The van der Waals surface area contributed by atoms with Crippen LogP contribution in [0.3, 0.4) is 0 Å². The summed E-state index contributed by atoms with van der Waals surface area (Å²) >= 11 is 7.65. The molecule has 0 saturated carbocycles. The molecule has 1 fully saturated rings. The van der Waals surface area contributed by atoms with Gasteiger partial charge in [-0.05, 0) is 30.4 Å². The second-order valence-electron chi connectivity index (χ2n) is 7.28. The minimum absolute atomic E-state index is 0.0420. The smallest absolute Gasteiger partial charge is 0.354 e. The molecule has 2 N–H and O–H groups in total. The topological polar surface area (TPSA) is 77.6 Å². The van der Waals surface area contributed by atoms with Gasteiger partial charge in [-0.15, -0.1) is 11.3 Å². The van der Waals surface area contributed by atoms with E-state index in [9.17, 15) is 22.8 Å². The molecule has 32 heavy (non-hydrogen) atoms. The van der Waals surface area contributed by atoms with Crippen LogP contribution in [-0.4, -0.2) is 61.1 Å². The molecule has 12 heteroatoms. The predicted molar refractivity (Wildman–Crippen MR) is 117 cm³/mol. The fourth-order valence-electron chi connectivity index (χ4n) is 3.33. The van der Waals surface area contributed by atoms with Gasteiger partial charge in [0.2, 0.25) is 5.91 Å². The highest BCUT2D eigenvalue weighted by Crippen LogP contribution is 2.33. The number of amides is 3. The number of thiophene rings is 1. The van der Waals surface area contributed by atoms with Gasteiger partial charge in [0.15, 0.2) is 0 Å². The third-order valence-electron chi connectivity index (χ3n) is 4.89. The van der Waals surface area contributed by atoms with Gasteiger partial charge in [0, 0.05) is 43.8 Å². The SMILES string of the molecule is O=C(CN1CCCN(c2ncc(C(F)(F)F)cc2Cl)CC1)NC(=O)NCCc1cccs1. The molecular formula is C20H23ClF3N5O2S. The molecule has 2 aromatic heterocycles. The third kappa shape index (κ3) is 7.07. The number of aromatic nitrogens is 1. The summed E-state index contributed by atoms with van der Waals surface area (Å²) in [5.41, 5.74) is -0.895. The second-order valence-corrected chi connectivity index (χ2v) is 8.72. The molecule has 0 spiro atoms. The van der Waals surface area contributed by atoms with Gasteiger partial charge in [-0.2, -0.15) is 13.2 Å². The standard InChI is InChI=1S/C20H23ClF3N5O2S/c21-16-11-14(20(22,23)24)12-26-18(16)29-7-2-6-28(8-9-29)13-17(30)27-19(31)25-5-4-15-3-1-10-32-15/h1,3,10-12H,2,4-9,13H2,(H2,25,27,30,31). The molecule has 0 aromatic carbocycles. The Hall–Kier alpha value is -2.37. The van der Waals surface area contributed by atoms with Gasteiger partial charge in [0.05, 0.1) is 17.1 Å². The fraction of sp³-hybridized carbons (Fsp3) is 0.450. The van der Waals surface area contributed by atoms with E-state index >= 15 is 0 Å². The van der Waals surface area contributed by atoms with Gasteiger partial charge in [-0.25, -0.2) is 9.78 Å². The first kappa shape index (κ1) is 24.3. The quantitative estimate of drug-likeness (QED) is 0.650. The van der Waals surface area contributed by atoms with Crippen LogP contribution in [0.1, 0.15) is 16.9 Å². The number of rotatable bonds is 6. The molecule has 3 amide bonds. The maximum atomic E-state index is 12.8. The Morgan fingerprint density at radius 3 is 2.72 bits per heavy atom. The first-order valence-corrected chi connectivity index (χ1v) is 11.3. The molecule has 0 atom stereocenters. The lowest BCUT2D eigenvalue weighted by Crippen LogP contribution is -2.45. The molecule has 1 aliphatic heterocycles. The van der Waals surface area contributed by atoms with E-state index in [1.165, 1.54) is 0 Å². The lowest BCUT2D eigenvalue weighted by Gasteiger charge is -2.23. The molecule has 0 aliphatic carbocycles. The Balaban J connectivity index is 1.44. The number of hydrogen-bond acceptors (Lipinski definition) is 6. The van der Waals surface area contributed by atoms with E-state index < -0.39 is 23.7 Å². The number of carbonyl (C=O) groups excluding carboxylic acids is 2. The van der Waals surface area contributed by atoms with Crippen molar-refractivity contribution in [2.24, 2.45) is 0 Å². The Labute approximate surface area is 192 Å². The van der Waals surface area contributed by atoms with E-state index in [0.29, 0.717) is 45.6 Å². The van der Waals surface area contributed by atoms with Crippen molar-refractivity contribution in [2.75, 3.05) is 44.2 Å². The van der Waals surface area contributed by atoms with Crippen LogP contribution in [0.5, 0.6) is 0 Å². The van der Waals surface area contributed by atoms with E-state index in [2.05, 4.69) is 15.6 Å². The van der Waals surface area contributed by atoms with Crippen molar-refractivity contribution in [1.29, 1.82) is 0 Å². The largest absolute Gasteiger partial charge is 0.417 e. The average molecular weight is 490 g/mol. The Bertz CT molecular complexity index is 926.